The van der Waals surface area contributed by atoms with E-state index in [1.807, 2.05) is 0 Å². The molecule has 0 atom stereocenters. The Hall–Kier alpha value is -1.55. The van der Waals surface area contributed by atoms with E-state index < -0.39 is 5.97 Å². The number of aromatic nitrogens is 1. The van der Waals surface area contributed by atoms with Gasteiger partial charge in [0.25, 0.3) is 0 Å². The van der Waals surface area contributed by atoms with Crippen LogP contribution < -0.4 is 5.32 Å². The Morgan fingerprint density at radius 3 is 2.79 bits per heavy atom. The van der Waals surface area contributed by atoms with E-state index in [1.165, 1.54) is 25.3 Å². The van der Waals surface area contributed by atoms with Gasteiger partial charge in [-0.15, -0.1) is 0 Å². The smallest absolute Gasteiger partial charge is 0.328 e. The van der Waals surface area contributed by atoms with Crippen molar-refractivity contribution in [1.29, 1.82) is 0 Å². The fourth-order valence-electron chi connectivity index (χ4n) is 2.30. The molecule has 1 aliphatic carbocycles. The van der Waals surface area contributed by atoms with E-state index in [1.54, 1.807) is 12.1 Å². The van der Waals surface area contributed by atoms with Gasteiger partial charge in [0, 0.05) is 17.7 Å². The van der Waals surface area contributed by atoms with Crippen molar-refractivity contribution >= 4 is 29.5 Å². The molecular weight excluding hydrogens is 264 g/mol. The third kappa shape index (κ3) is 4.24. The van der Waals surface area contributed by atoms with Crippen LogP contribution in [0.5, 0.6) is 0 Å². The van der Waals surface area contributed by atoms with Crippen LogP contribution in [0, 0.1) is 0 Å². The van der Waals surface area contributed by atoms with Crippen LogP contribution in [0.1, 0.15) is 37.7 Å². The molecule has 2 N–H and O–H groups in total. The number of carboxylic acid groups (broad SMARTS) is 1. The van der Waals surface area contributed by atoms with Gasteiger partial charge in [-0.25, -0.2) is 9.78 Å². The van der Waals surface area contributed by atoms with E-state index in [2.05, 4.69) is 10.3 Å². The second-order valence-electron chi connectivity index (χ2n) is 4.72. The van der Waals surface area contributed by atoms with E-state index in [4.69, 9.17) is 16.7 Å². The number of pyridine rings is 1. The zero-order valence-corrected chi connectivity index (χ0v) is 11.4. The fourth-order valence-corrected chi connectivity index (χ4v) is 2.45. The molecule has 0 amide bonds. The van der Waals surface area contributed by atoms with Crippen LogP contribution in [-0.2, 0) is 4.79 Å². The lowest BCUT2D eigenvalue weighted by Crippen LogP contribution is -2.23. The molecule has 0 spiro atoms. The van der Waals surface area contributed by atoms with E-state index in [0.29, 0.717) is 17.0 Å². The van der Waals surface area contributed by atoms with Crippen molar-refractivity contribution in [3.63, 3.8) is 0 Å². The van der Waals surface area contributed by atoms with Gasteiger partial charge in [-0.2, -0.15) is 0 Å². The van der Waals surface area contributed by atoms with Gasteiger partial charge in [-0.1, -0.05) is 30.9 Å². The third-order valence-electron chi connectivity index (χ3n) is 3.24. The SMILES string of the molecule is O=C(O)/C=C/c1ccc(Cl)nc1NC1CCCCC1. The summed E-state index contributed by atoms with van der Waals surface area (Å²) in [5, 5.41) is 12.5. The first-order valence-corrected chi connectivity index (χ1v) is 6.87. The van der Waals surface area contributed by atoms with Gasteiger partial charge in [-0.3, -0.25) is 0 Å². The minimum atomic E-state index is -0.974. The number of aliphatic carboxylic acids is 1. The Morgan fingerprint density at radius 2 is 2.11 bits per heavy atom. The van der Waals surface area contributed by atoms with E-state index >= 15 is 0 Å². The molecule has 1 aromatic rings. The first-order valence-electron chi connectivity index (χ1n) is 6.49. The van der Waals surface area contributed by atoms with Crippen molar-refractivity contribution in [2.75, 3.05) is 5.32 Å². The summed E-state index contributed by atoms with van der Waals surface area (Å²) in [7, 11) is 0. The van der Waals surface area contributed by atoms with Crippen molar-refractivity contribution in [1.82, 2.24) is 4.98 Å². The maximum absolute atomic E-state index is 10.6. The largest absolute Gasteiger partial charge is 0.478 e. The number of hydrogen-bond acceptors (Lipinski definition) is 3. The predicted octanol–water partition coefficient (Wildman–Crippen LogP) is 3.58. The summed E-state index contributed by atoms with van der Waals surface area (Å²) < 4.78 is 0. The lowest BCUT2D eigenvalue weighted by atomic mass is 9.95. The van der Waals surface area contributed by atoms with Crippen molar-refractivity contribution in [3.8, 4) is 0 Å². The Bertz CT molecular complexity index is 482. The molecule has 5 heteroatoms. The second kappa shape index (κ2) is 6.57. The summed E-state index contributed by atoms with van der Waals surface area (Å²) in [5.74, 6) is -0.310. The average molecular weight is 281 g/mol. The molecular formula is C14H17ClN2O2. The summed E-state index contributed by atoms with van der Waals surface area (Å²) in [6.45, 7) is 0. The van der Waals surface area contributed by atoms with Gasteiger partial charge < -0.3 is 10.4 Å². The van der Waals surface area contributed by atoms with E-state index in [0.717, 1.165) is 24.5 Å². The molecule has 1 aliphatic rings. The van der Waals surface area contributed by atoms with Crippen molar-refractivity contribution in [2.45, 2.75) is 38.1 Å². The van der Waals surface area contributed by atoms with Crippen LogP contribution in [0.15, 0.2) is 18.2 Å². The Balaban J connectivity index is 2.16. The highest BCUT2D eigenvalue weighted by atomic mass is 35.5. The van der Waals surface area contributed by atoms with Crippen LogP contribution in [0.4, 0.5) is 5.82 Å². The van der Waals surface area contributed by atoms with Crippen molar-refractivity contribution < 1.29 is 9.90 Å². The molecule has 102 valence electrons. The number of nitrogens with zero attached hydrogens (tertiary/aromatic N) is 1. The third-order valence-corrected chi connectivity index (χ3v) is 3.45. The molecule has 0 unspecified atom stereocenters. The highest BCUT2D eigenvalue weighted by Gasteiger charge is 2.15. The van der Waals surface area contributed by atoms with Crippen LogP contribution in [0.25, 0.3) is 6.08 Å². The topological polar surface area (TPSA) is 62.2 Å². The molecule has 0 aromatic carbocycles. The lowest BCUT2D eigenvalue weighted by molar-refractivity contribution is -0.131. The molecule has 1 fully saturated rings. The zero-order valence-electron chi connectivity index (χ0n) is 10.6. The minimum Gasteiger partial charge on any atom is -0.478 e. The normalized spacial score (nSPS) is 16.7. The molecule has 0 saturated heterocycles. The number of hydrogen-bond donors (Lipinski definition) is 2. The quantitative estimate of drug-likeness (QED) is 0.654. The number of carbonyl (C=O) groups is 1. The molecule has 1 saturated carbocycles. The number of nitrogens with one attached hydrogen (secondary N) is 1. The zero-order chi connectivity index (χ0) is 13.7. The Morgan fingerprint density at radius 1 is 1.37 bits per heavy atom. The van der Waals surface area contributed by atoms with Gasteiger partial charge in [0.2, 0.25) is 0 Å². The average Bonchev–Trinajstić information content (AvgIpc) is 2.39. The summed E-state index contributed by atoms with van der Waals surface area (Å²) in [5.41, 5.74) is 0.748. The Labute approximate surface area is 117 Å². The number of rotatable bonds is 4. The predicted molar refractivity (Wildman–Crippen MR) is 76.4 cm³/mol. The molecule has 0 radical (unpaired) electrons. The van der Waals surface area contributed by atoms with Crippen LogP contribution >= 0.6 is 11.6 Å². The first-order chi connectivity index (χ1) is 9.15. The highest BCUT2D eigenvalue weighted by Crippen LogP contribution is 2.24. The first kappa shape index (κ1) is 13.9. The monoisotopic (exact) mass is 280 g/mol. The van der Waals surface area contributed by atoms with Crippen molar-refractivity contribution in [2.24, 2.45) is 0 Å². The van der Waals surface area contributed by atoms with Crippen molar-refractivity contribution in [3.05, 3.63) is 28.9 Å². The lowest BCUT2D eigenvalue weighted by Gasteiger charge is -2.24. The van der Waals surface area contributed by atoms with Gasteiger partial charge in [0.05, 0.1) is 0 Å². The molecule has 2 rings (SSSR count). The maximum Gasteiger partial charge on any atom is 0.328 e. The second-order valence-corrected chi connectivity index (χ2v) is 5.11. The van der Waals surface area contributed by atoms with E-state index in [-0.39, 0.29) is 0 Å². The van der Waals surface area contributed by atoms with E-state index in [9.17, 15) is 4.79 Å². The van der Waals surface area contributed by atoms with Crippen LogP contribution in [0.2, 0.25) is 5.15 Å². The molecule has 0 bridgehead atoms. The maximum atomic E-state index is 10.6. The summed E-state index contributed by atoms with van der Waals surface area (Å²) >= 11 is 5.91. The summed E-state index contributed by atoms with van der Waals surface area (Å²) in [6, 6.07) is 3.84. The number of carboxylic acids is 1. The minimum absolute atomic E-state index is 0.400. The fraction of sp³-hybridized carbons (Fsp3) is 0.429. The Kier molecular flexibility index (Phi) is 4.80. The standard InChI is InChI=1S/C14H17ClN2O2/c15-12-8-6-10(7-9-13(18)19)14(17-12)16-11-4-2-1-3-5-11/h6-9,11H,1-5H2,(H,16,17)(H,18,19)/b9-7+. The van der Waals surface area contributed by atoms with Gasteiger partial charge >= 0.3 is 5.97 Å². The van der Waals surface area contributed by atoms with Crippen LogP contribution in [0.3, 0.4) is 0 Å². The molecule has 1 heterocycles. The highest BCUT2D eigenvalue weighted by molar-refractivity contribution is 6.29. The molecule has 19 heavy (non-hydrogen) atoms. The van der Waals surface area contributed by atoms with Crippen LogP contribution in [-0.4, -0.2) is 22.1 Å². The van der Waals surface area contributed by atoms with Gasteiger partial charge in [0.1, 0.15) is 11.0 Å². The van der Waals surface area contributed by atoms with Gasteiger partial charge in [0.15, 0.2) is 0 Å². The molecule has 0 aliphatic heterocycles. The summed E-state index contributed by atoms with van der Waals surface area (Å²) in [4.78, 5) is 14.8. The number of anilines is 1. The summed E-state index contributed by atoms with van der Waals surface area (Å²) in [6.07, 6.45) is 8.62. The van der Waals surface area contributed by atoms with Gasteiger partial charge in [-0.05, 0) is 31.1 Å². The molecule has 4 nitrogen and oxygen atoms in total. The molecule has 1 aromatic heterocycles. The number of halogens is 1.